The van der Waals surface area contributed by atoms with E-state index >= 15 is 0 Å². The zero-order valence-electron chi connectivity index (χ0n) is 12.5. The Bertz CT molecular complexity index is 578. The second-order valence-corrected chi connectivity index (χ2v) is 5.86. The lowest BCUT2D eigenvalue weighted by atomic mass is 9.85. The third kappa shape index (κ3) is 3.69. The summed E-state index contributed by atoms with van der Waals surface area (Å²) in [6, 6.07) is 0.977. The van der Waals surface area contributed by atoms with Gasteiger partial charge in [-0.2, -0.15) is 13.2 Å². The van der Waals surface area contributed by atoms with Crippen LogP contribution in [-0.2, 0) is 7.05 Å². The van der Waals surface area contributed by atoms with E-state index in [9.17, 15) is 22.8 Å². The minimum atomic E-state index is -4.21. The van der Waals surface area contributed by atoms with Crippen molar-refractivity contribution < 1.29 is 22.8 Å². The fourth-order valence-corrected chi connectivity index (χ4v) is 2.86. The van der Waals surface area contributed by atoms with Crippen LogP contribution in [0, 0.1) is 5.92 Å². The Morgan fingerprint density at radius 3 is 2.55 bits per heavy atom. The van der Waals surface area contributed by atoms with E-state index in [2.05, 4.69) is 5.32 Å². The first-order chi connectivity index (χ1) is 10.2. The molecule has 0 radical (unpaired) electrons. The van der Waals surface area contributed by atoms with Gasteiger partial charge in [0.1, 0.15) is 5.69 Å². The summed E-state index contributed by atoms with van der Waals surface area (Å²) in [5.74, 6) is -1.96. The van der Waals surface area contributed by atoms with Gasteiger partial charge in [0.05, 0.1) is 5.92 Å². The van der Waals surface area contributed by atoms with Crippen LogP contribution >= 0.6 is 0 Å². The molecule has 2 atom stereocenters. The number of nitrogens with one attached hydrogen (secondary N) is 1. The number of hydrogen-bond acceptors (Lipinski definition) is 2. The van der Waals surface area contributed by atoms with Gasteiger partial charge >= 0.3 is 6.18 Å². The first-order valence-electron chi connectivity index (χ1n) is 7.23. The molecule has 0 unspecified atom stereocenters. The number of rotatable bonds is 3. The molecule has 0 aromatic carbocycles. The Labute approximate surface area is 126 Å². The third-order valence-corrected chi connectivity index (χ3v) is 4.12. The molecular weight excluding hydrogens is 297 g/mol. The summed E-state index contributed by atoms with van der Waals surface area (Å²) in [6.45, 7) is 1.39. The zero-order valence-corrected chi connectivity index (χ0v) is 12.5. The van der Waals surface area contributed by atoms with E-state index < -0.39 is 24.0 Å². The molecule has 1 fully saturated rings. The van der Waals surface area contributed by atoms with Crippen molar-refractivity contribution >= 4 is 11.7 Å². The van der Waals surface area contributed by atoms with Gasteiger partial charge in [-0.05, 0) is 32.3 Å². The molecule has 1 heterocycles. The van der Waals surface area contributed by atoms with Crippen LogP contribution in [0.5, 0.6) is 0 Å². The van der Waals surface area contributed by atoms with E-state index in [0.717, 1.165) is 0 Å². The molecule has 122 valence electrons. The normalized spacial score (nSPS) is 22.4. The van der Waals surface area contributed by atoms with Crippen LogP contribution in [0.25, 0.3) is 0 Å². The largest absolute Gasteiger partial charge is 0.391 e. The van der Waals surface area contributed by atoms with E-state index in [1.807, 2.05) is 0 Å². The number of Topliss-reactive ketones (excluding diaryl/α,β-unsaturated/α-hetero) is 1. The van der Waals surface area contributed by atoms with Crippen molar-refractivity contribution in [2.75, 3.05) is 0 Å². The SMILES string of the molecule is CC(=O)c1cc(C(=O)N[C@H]2CCC[C@H](C(F)(F)F)C2)n(C)c1. The van der Waals surface area contributed by atoms with Crippen molar-refractivity contribution in [1.29, 1.82) is 0 Å². The number of halogens is 3. The predicted octanol–water partition coefficient (Wildman–Crippen LogP) is 3.08. The standard InChI is InChI=1S/C15H19F3N2O2/c1-9(21)10-6-13(20(2)8-10)14(22)19-12-5-3-4-11(7-12)15(16,17)18/h6,8,11-12H,3-5,7H2,1-2H3,(H,19,22)/t11-,12-/m0/s1. The molecule has 2 rings (SSSR count). The molecule has 1 aliphatic carbocycles. The maximum absolute atomic E-state index is 12.8. The molecular formula is C15H19F3N2O2. The Kier molecular flexibility index (Phi) is 4.63. The smallest absolute Gasteiger partial charge is 0.348 e. The van der Waals surface area contributed by atoms with Crippen LogP contribution in [0.1, 0.15) is 53.5 Å². The van der Waals surface area contributed by atoms with Gasteiger partial charge in [0.15, 0.2) is 5.78 Å². The molecule has 4 nitrogen and oxygen atoms in total. The second kappa shape index (κ2) is 6.14. The van der Waals surface area contributed by atoms with Crippen molar-refractivity contribution in [2.45, 2.75) is 44.8 Å². The van der Waals surface area contributed by atoms with Gasteiger partial charge in [-0.3, -0.25) is 9.59 Å². The molecule has 1 aromatic rings. The van der Waals surface area contributed by atoms with Gasteiger partial charge in [0.25, 0.3) is 5.91 Å². The molecule has 0 aliphatic heterocycles. The van der Waals surface area contributed by atoms with Crippen LogP contribution in [-0.4, -0.2) is 28.5 Å². The number of hydrogen-bond donors (Lipinski definition) is 1. The highest BCUT2D eigenvalue weighted by Gasteiger charge is 2.42. The summed E-state index contributed by atoms with van der Waals surface area (Å²) in [6.07, 6.45) is -1.65. The van der Waals surface area contributed by atoms with Crippen LogP contribution in [0.2, 0.25) is 0 Å². The quantitative estimate of drug-likeness (QED) is 0.871. The number of carbonyl (C=O) groups excluding carboxylic acids is 2. The Morgan fingerprint density at radius 2 is 2.00 bits per heavy atom. The van der Waals surface area contributed by atoms with Gasteiger partial charge in [-0.25, -0.2) is 0 Å². The highest BCUT2D eigenvalue weighted by atomic mass is 19.4. The maximum atomic E-state index is 12.8. The minimum absolute atomic E-state index is 0.0841. The molecule has 1 aromatic heterocycles. The van der Waals surface area contributed by atoms with Crippen molar-refractivity contribution in [2.24, 2.45) is 13.0 Å². The highest BCUT2D eigenvalue weighted by molar-refractivity contribution is 5.99. The molecule has 1 amide bonds. The zero-order chi connectivity index (χ0) is 16.5. The number of aromatic nitrogens is 1. The number of aryl methyl sites for hydroxylation is 1. The van der Waals surface area contributed by atoms with Gasteiger partial charge < -0.3 is 9.88 Å². The van der Waals surface area contributed by atoms with Crippen LogP contribution in [0.4, 0.5) is 13.2 Å². The summed E-state index contributed by atoms with van der Waals surface area (Å²) in [5, 5.41) is 2.66. The monoisotopic (exact) mass is 316 g/mol. The maximum Gasteiger partial charge on any atom is 0.391 e. The van der Waals surface area contributed by atoms with E-state index in [0.29, 0.717) is 18.4 Å². The molecule has 1 N–H and O–H groups in total. The van der Waals surface area contributed by atoms with Crippen LogP contribution in [0.3, 0.4) is 0 Å². The van der Waals surface area contributed by atoms with Crippen LogP contribution in [0.15, 0.2) is 12.3 Å². The third-order valence-electron chi connectivity index (χ3n) is 4.12. The average Bonchev–Trinajstić information content (AvgIpc) is 2.80. The average molecular weight is 316 g/mol. The number of nitrogens with zero attached hydrogens (tertiary/aromatic N) is 1. The van der Waals surface area contributed by atoms with E-state index in [1.54, 1.807) is 7.05 Å². The number of carbonyl (C=O) groups is 2. The molecule has 1 aliphatic rings. The Morgan fingerprint density at radius 1 is 1.32 bits per heavy atom. The lowest BCUT2D eigenvalue weighted by Gasteiger charge is -2.31. The first-order valence-corrected chi connectivity index (χ1v) is 7.23. The van der Waals surface area contributed by atoms with Gasteiger partial charge in [-0.15, -0.1) is 0 Å². The molecule has 0 bridgehead atoms. The minimum Gasteiger partial charge on any atom is -0.348 e. The predicted molar refractivity (Wildman–Crippen MR) is 74.7 cm³/mol. The fraction of sp³-hybridized carbons (Fsp3) is 0.600. The van der Waals surface area contributed by atoms with Crippen molar-refractivity contribution in [1.82, 2.24) is 9.88 Å². The van der Waals surface area contributed by atoms with E-state index in [1.165, 1.54) is 23.8 Å². The van der Waals surface area contributed by atoms with Crippen molar-refractivity contribution in [3.63, 3.8) is 0 Å². The molecule has 7 heteroatoms. The van der Waals surface area contributed by atoms with Crippen LogP contribution < -0.4 is 5.32 Å². The first kappa shape index (κ1) is 16.6. The lowest BCUT2D eigenvalue weighted by Crippen LogP contribution is -2.42. The van der Waals surface area contributed by atoms with E-state index in [-0.39, 0.29) is 24.3 Å². The fourth-order valence-electron chi connectivity index (χ4n) is 2.86. The molecule has 22 heavy (non-hydrogen) atoms. The van der Waals surface area contributed by atoms with Gasteiger partial charge in [-0.1, -0.05) is 6.42 Å². The Hall–Kier alpha value is -1.79. The van der Waals surface area contributed by atoms with Crippen molar-refractivity contribution in [3.8, 4) is 0 Å². The van der Waals surface area contributed by atoms with Gasteiger partial charge in [0.2, 0.25) is 0 Å². The summed E-state index contributed by atoms with van der Waals surface area (Å²) < 4.78 is 39.8. The topological polar surface area (TPSA) is 51.1 Å². The Balaban J connectivity index is 2.04. The molecule has 0 saturated heterocycles. The van der Waals surface area contributed by atoms with Crippen molar-refractivity contribution in [3.05, 3.63) is 23.5 Å². The van der Waals surface area contributed by atoms with Gasteiger partial charge in [0, 0.05) is 24.8 Å². The molecule has 0 spiro atoms. The highest BCUT2D eigenvalue weighted by Crippen LogP contribution is 2.37. The summed E-state index contributed by atoms with van der Waals surface area (Å²) in [4.78, 5) is 23.5. The second-order valence-electron chi connectivity index (χ2n) is 5.86. The summed E-state index contributed by atoms with van der Waals surface area (Å²) in [5.41, 5.74) is 0.684. The lowest BCUT2D eigenvalue weighted by molar-refractivity contribution is -0.183. The summed E-state index contributed by atoms with van der Waals surface area (Å²) >= 11 is 0. The number of alkyl halides is 3. The molecule has 1 saturated carbocycles. The van der Waals surface area contributed by atoms with E-state index in [4.69, 9.17) is 0 Å². The number of ketones is 1. The number of amides is 1. The summed E-state index contributed by atoms with van der Waals surface area (Å²) in [7, 11) is 1.63.